The predicted octanol–water partition coefficient (Wildman–Crippen LogP) is 4.86. The van der Waals surface area contributed by atoms with Crippen LogP contribution in [0.5, 0.6) is 11.5 Å². The molecule has 1 N–H and O–H groups in total. The van der Waals surface area contributed by atoms with Gasteiger partial charge in [-0.2, -0.15) is 0 Å². The van der Waals surface area contributed by atoms with Crippen LogP contribution in [0.3, 0.4) is 0 Å². The van der Waals surface area contributed by atoms with Gasteiger partial charge in [0.15, 0.2) is 11.5 Å². The van der Waals surface area contributed by atoms with Crippen molar-refractivity contribution < 1.29 is 9.47 Å². The van der Waals surface area contributed by atoms with Crippen LogP contribution in [0.2, 0.25) is 0 Å². The maximum absolute atomic E-state index is 5.94. The lowest BCUT2D eigenvalue weighted by Crippen LogP contribution is -2.11. The number of rotatable bonds is 6. The highest BCUT2D eigenvalue weighted by Crippen LogP contribution is 2.37. The van der Waals surface area contributed by atoms with Crippen LogP contribution in [0, 0.1) is 0 Å². The monoisotopic (exact) mass is 349 g/mol. The Labute approximate surface area is 134 Å². The molecule has 0 saturated carbocycles. The zero-order valence-corrected chi connectivity index (χ0v) is 14.1. The van der Waals surface area contributed by atoms with Gasteiger partial charge in [-0.15, -0.1) is 0 Å². The van der Waals surface area contributed by atoms with E-state index in [2.05, 4.69) is 21.2 Å². The fourth-order valence-electron chi connectivity index (χ4n) is 2.02. The highest BCUT2D eigenvalue weighted by Gasteiger charge is 2.15. The molecule has 2 rings (SSSR count). The summed E-state index contributed by atoms with van der Waals surface area (Å²) in [6.07, 6.45) is 0.0867. The van der Waals surface area contributed by atoms with E-state index < -0.39 is 0 Å². The van der Waals surface area contributed by atoms with Crippen molar-refractivity contribution in [1.82, 2.24) is 0 Å². The molecule has 0 amide bonds. The van der Waals surface area contributed by atoms with Crippen molar-refractivity contribution in [3.63, 3.8) is 0 Å². The minimum atomic E-state index is 0.0867. The third-order valence-corrected chi connectivity index (χ3v) is 3.73. The maximum Gasteiger partial charge on any atom is 0.167 e. The van der Waals surface area contributed by atoms with E-state index in [0.29, 0.717) is 6.54 Å². The molecule has 2 aromatic rings. The van der Waals surface area contributed by atoms with E-state index in [0.717, 1.165) is 27.2 Å². The van der Waals surface area contributed by atoms with Crippen LogP contribution in [0.25, 0.3) is 0 Å². The zero-order chi connectivity index (χ0) is 15.2. The molecular weight excluding hydrogens is 330 g/mol. The summed E-state index contributed by atoms with van der Waals surface area (Å²) < 4.78 is 12.4. The Bertz CT molecular complexity index is 585. The highest BCUT2D eigenvalue weighted by atomic mass is 79.9. The minimum Gasteiger partial charge on any atom is -0.493 e. The Kier molecular flexibility index (Phi) is 5.51. The van der Waals surface area contributed by atoms with Crippen molar-refractivity contribution in [1.29, 1.82) is 0 Å². The Hall–Kier alpha value is -1.68. The molecule has 21 heavy (non-hydrogen) atoms. The van der Waals surface area contributed by atoms with E-state index in [1.165, 1.54) is 0 Å². The molecule has 0 aromatic heterocycles. The molecule has 4 heteroatoms. The van der Waals surface area contributed by atoms with Gasteiger partial charge in [-0.1, -0.05) is 34.1 Å². The van der Waals surface area contributed by atoms with Gasteiger partial charge in [0.05, 0.1) is 13.2 Å². The number of nitrogens with one attached hydrogen (secondary N) is 1. The van der Waals surface area contributed by atoms with E-state index in [4.69, 9.17) is 9.47 Å². The predicted molar refractivity (Wildman–Crippen MR) is 90.2 cm³/mol. The van der Waals surface area contributed by atoms with Crippen molar-refractivity contribution in [2.45, 2.75) is 26.5 Å². The molecule has 0 unspecified atom stereocenters. The highest BCUT2D eigenvalue weighted by molar-refractivity contribution is 9.10. The fraction of sp³-hybridized carbons (Fsp3) is 0.294. The van der Waals surface area contributed by atoms with Crippen LogP contribution < -0.4 is 14.8 Å². The Morgan fingerprint density at radius 3 is 2.43 bits per heavy atom. The second-order valence-electron chi connectivity index (χ2n) is 4.94. The Morgan fingerprint density at radius 2 is 1.81 bits per heavy atom. The molecule has 0 atom stereocenters. The number of para-hydroxylation sites is 1. The third-order valence-electron chi connectivity index (χ3n) is 2.98. The summed E-state index contributed by atoms with van der Waals surface area (Å²) in [5.74, 6) is 1.53. The van der Waals surface area contributed by atoms with Crippen molar-refractivity contribution >= 4 is 21.6 Å². The van der Waals surface area contributed by atoms with Gasteiger partial charge in [0.1, 0.15) is 0 Å². The molecule has 0 spiro atoms. The quantitative estimate of drug-likeness (QED) is 0.807. The molecule has 112 valence electrons. The Balaban J connectivity index is 2.27. The van der Waals surface area contributed by atoms with Crippen molar-refractivity contribution in [2.24, 2.45) is 0 Å². The number of ether oxygens (including phenoxy) is 2. The average Bonchev–Trinajstić information content (AvgIpc) is 2.47. The number of anilines is 1. The lowest BCUT2D eigenvalue weighted by molar-refractivity contribution is 0.227. The summed E-state index contributed by atoms with van der Waals surface area (Å²) in [4.78, 5) is 0. The average molecular weight is 350 g/mol. The fourth-order valence-corrected chi connectivity index (χ4v) is 2.47. The third kappa shape index (κ3) is 4.14. The maximum atomic E-state index is 5.94. The topological polar surface area (TPSA) is 30.5 Å². The molecule has 0 radical (unpaired) electrons. The molecule has 3 nitrogen and oxygen atoms in total. The molecule has 0 bridgehead atoms. The van der Waals surface area contributed by atoms with Crippen molar-refractivity contribution in [2.75, 3.05) is 12.4 Å². The van der Waals surface area contributed by atoms with Crippen LogP contribution in [0.4, 0.5) is 5.69 Å². The summed E-state index contributed by atoms with van der Waals surface area (Å²) in [5.41, 5.74) is 2.12. The summed E-state index contributed by atoms with van der Waals surface area (Å²) in [7, 11) is 1.66. The smallest absolute Gasteiger partial charge is 0.167 e. The van der Waals surface area contributed by atoms with E-state index in [1.807, 2.05) is 56.3 Å². The number of benzene rings is 2. The van der Waals surface area contributed by atoms with Gasteiger partial charge in [-0.3, -0.25) is 0 Å². The summed E-state index contributed by atoms with van der Waals surface area (Å²) in [6.45, 7) is 4.67. The van der Waals surface area contributed by atoms with Gasteiger partial charge in [0, 0.05) is 22.3 Å². The van der Waals surface area contributed by atoms with Gasteiger partial charge in [0.25, 0.3) is 0 Å². The number of hydrogen-bond donors (Lipinski definition) is 1. The number of hydrogen-bond acceptors (Lipinski definition) is 3. The second kappa shape index (κ2) is 7.36. The van der Waals surface area contributed by atoms with E-state index >= 15 is 0 Å². The summed E-state index contributed by atoms with van der Waals surface area (Å²) in [5, 5.41) is 3.40. The lowest BCUT2D eigenvalue weighted by Gasteiger charge is -2.19. The van der Waals surface area contributed by atoms with Crippen LogP contribution >= 0.6 is 15.9 Å². The normalized spacial score (nSPS) is 10.5. The van der Waals surface area contributed by atoms with E-state index in [9.17, 15) is 0 Å². The summed E-state index contributed by atoms with van der Waals surface area (Å²) >= 11 is 3.60. The van der Waals surface area contributed by atoms with Crippen LogP contribution in [0.1, 0.15) is 19.4 Å². The second-order valence-corrected chi connectivity index (χ2v) is 5.80. The molecule has 0 heterocycles. The molecule has 0 saturated heterocycles. The number of methoxy groups -OCH3 is 1. The van der Waals surface area contributed by atoms with Crippen LogP contribution in [-0.2, 0) is 6.54 Å². The molecule has 0 aliphatic carbocycles. The Morgan fingerprint density at radius 1 is 1.10 bits per heavy atom. The SMILES string of the molecule is COc1ccc(Br)c(CNc2ccccc2)c1OC(C)C. The minimum absolute atomic E-state index is 0.0867. The first-order chi connectivity index (χ1) is 10.1. The van der Waals surface area contributed by atoms with Gasteiger partial charge < -0.3 is 14.8 Å². The molecule has 2 aromatic carbocycles. The first-order valence-corrected chi connectivity index (χ1v) is 7.72. The van der Waals surface area contributed by atoms with Gasteiger partial charge in [-0.25, -0.2) is 0 Å². The standard InChI is InChI=1S/C17H20BrNO2/c1-12(2)21-17-14(15(18)9-10-16(17)20-3)11-19-13-7-5-4-6-8-13/h4-10,12,19H,11H2,1-3H3. The summed E-state index contributed by atoms with van der Waals surface area (Å²) in [6, 6.07) is 14.0. The van der Waals surface area contributed by atoms with Crippen molar-refractivity contribution in [3.8, 4) is 11.5 Å². The number of halogens is 1. The molecule has 0 aliphatic rings. The lowest BCUT2D eigenvalue weighted by atomic mass is 10.1. The van der Waals surface area contributed by atoms with Gasteiger partial charge in [0.2, 0.25) is 0 Å². The zero-order valence-electron chi connectivity index (χ0n) is 12.5. The largest absolute Gasteiger partial charge is 0.493 e. The van der Waals surface area contributed by atoms with Crippen molar-refractivity contribution in [3.05, 3.63) is 52.5 Å². The van der Waals surface area contributed by atoms with E-state index in [1.54, 1.807) is 7.11 Å². The molecule has 0 aliphatic heterocycles. The first kappa shape index (κ1) is 15.7. The van der Waals surface area contributed by atoms with Gasteiger partial charge in [-0.05, 0) is 38.1 Å². The molecular formula is C17H20BrNO2. The van der Waals surface area contributed by atoms with E-state index in [-0.39, 0.29) is 6.10 Å². The van der Waals surface area contributed by atoms with Gasteiger partial charge >= 0.3 is 0 Å². The first-order valence-electron chi connectivity index (χ1n) is 6.92. The van der Waals surface area contributed by atoms with Crippen LogP contribution in [0.15, 0.2) is 46.9 Å². The molecule has 0 fully saturated rings. The van der Waals surface area contributed by atoms with Crippen LogP contribution in [-0.4, -0.2) is 13.2 Å².